The van der Waals surface area contributed by atoms with E-state index in [1.807, 2.05) is 13.0 Å². The second kappa shape index (κ2) is 5.24. The van der Waals surface area contributed by atoms with Crippen LogP contribution in [0.1, 0.15) is 43.7 Å². The van der Waals surface area contributed by atoms with Crippen molar-refractivity contribution < 1.29 is 5.11 Å². The number of rotatable bonds is 3. The molecule has 0 radical (unpaired) electrons. The summed E-state index contributed by atoms with van der Waals surface area (Å²) in [6.07, 6.45) is 5.21. The van der Waals surface area contributed by atoms with E-state index >= 15 is 0 Å². The fourth-order valence-corrected chi connectivity index (χ4v) is 2.81. The molecule has 0 aromatic carbocycles. The van der Waals surface area contributed by atoms with Crippen molar-refractivity contribution in [2.75, 3.05) is 12.3 Å². The lowest BCUT2D eigenvalue weighted by Crippen LogP contribution is -2.40. The molecule has 1 heterocycles. The van der Waals surface area contributed by atoms with Gasteiger partial charge < -0.3 is 16.2 Å². The number of aryl methyl sites for hydroxylation is 1. The molecule has 100 valence electrons. The number of nitrogen functional groups attached to an aromatic ring is 1. The number of aliphatic hydroxyl groups is 1. The summed E-state index contributed by atoms with van der Waals surface area (Å²) < 4.78 is 0. The molecular formula is C14H23N3O. The third kappa shape index (κ3) is 2.65. The van der Waals surface area contributed by atoms with Crippen LogP contribution in [0.25, 0.3) is 0 Å². The average molecular weight is 249 g/mol. The monoisotopic (exact) mass is 249 g/mol. The van der Waals surface area contributed by atoms with Gasteiger partial charge in [-0.3, -0.25) is 0 Å². The van der Waals surface area contributed by atoms with Gasteiger partial charge in [0.05, 0.1) is 5.60 Å². The summed E-state index contributed by atoms with van der Waals surface area (Å²) in [5.41, 5.74) is 6.96. The summed E-state index contributed by atoms with van der Waals surface area (Å²) in [7, 11) is 0. The number of pyridine rings is 1. The molecule has 0 atom stereocenters. The Bertz CT molecular complexity index is 412. The first kappa shape index (κ1) is 13.3. The summed E-state index contributed by atoms with van der Waals surface area (Å²) >= 11 is 0. The van der Waals surface area contributed by atoms with Gasteiger partial charge in [-0.05, 0) is 50.8 Å². The van der Waals surface area contributed by atoms with Crippen molar-refractivity contribution >= 4 is 5.82 Å². The Kier molecular flexibility index (Phi) is 3.88. The molecule has 1 aliphatic carbocycles. The number of hydrogen-bond donors (Lipinski definition) is 3. The molecule has 4 heteroatoms. The van der Waals surface area contributed by atoms with Crippen LogP contribution in [-0.4, -0.2) is 22.7 Å². The summed E-state index contributed by atoms with van der Waals surface area (Å²) in [6.45, 7) is 5.07. The number of anilines is 1. The summed E-state index contributed by atoms with van der Waals surface area (Å²) in [5, 5.41) is 14.2. The number of aromatic nitrogens is 1. The standard InChI is InChI=1S/C14H23N3O/c1-3-16-11-4-6-14(18,7-5-11)12-8-10(2)9-17-13(12)15/h8-9,11,16,18H,3-7H2,1-2H3,(H2,15,17). The van der Waals surface area contributed by atoms with E-state index < -0.39 is 5.60 Å². The maximum atomic E-state index is 10.8. The first-order valence-corrected chi connectivity index (χ1v) is 6.73. The second-order valence-electron chi connectivity index (χ2n) is 5.31. The molecule has 4 N–H and O–H groups in total. The van der Waals surface area contributed by atoms with Crippen LogP contribution < -0.4 is 11.1 Å². The van der Waals surface area contributed by atoms with Crippen molar-refractivity contribution in [2.45, 2.75) is 51.2 Å². The Morgan fingerprint density at radius 1 is 1.50 bits per heavy atom. The van der Waals surface area contributed by atoms with Crippen LogP contribution in [-0.2, 0) is 5.60 Å². The van der Waals surface area contributed by atoms with Gasteiger partial charge >= 0.3 is 0 Å². The number of hydrogen-bond acceptors (Lipinski definition) is 4. The lowest BCUT2D eigenvalue weighted by molar-refractivity contribution is -0.00774. The molecule has 1 aliphatic rings. The van der Waals surface area contributed by atoms with E-state index in [9.17, 15) is 5.11 Å². The molecule has 1 aromatic heterocycles. The largest absolute Gasteiger partial charge is 0.385 e. The number of nitrogens with two attached hydrogens (primary N) is 1. The zero-order valence-electron chi connectivity index (χ0n) is 11.2. The molecule has 1 saturated carbocycles. The predicted molar refractivity (Wildman–Crippen MR) is 73.2 cm³/mol. The van der Waals surface area contributed by atoms with Gasteiger partial charge in [-0.25, -0.2) is 4.98 Å². The highest BCUT2D eigenvalue weighted by atomic mass is 16.3. The molecule has 4 nitrogen and oxygen atoms in total. The third-order valence-electron chi connectivity index (χ3n) is 3.86. The molecule has 0 amide bonds. The van der Waals surface area contributed by atoms with Crippen molar-refractivity contribution in [1.29, 1.82) is 0 Å². The molecule has 1 aromatic rings. The van der Waals surface area contributed by atoms with E-state index in [0.29, 0.717) is 11.9 Å². The van der Waals surface area contributed by atoms with Crippen LogP contribution in [0.5, 0.6) is 0 Å². The van der Waals surface area contributed by atoms with Crippen LogP contribution in [0.4, 0.5) is 5.82 Å². The van der Waals surface area contributed by atoms with Crippen molar-refractivity contribution in [3.8, 4) is 0 Å². The Morgan fingerprint density at radius 3 is 2.78 bits per heavy atom. The quantitative estimate of drug-likeness (QED) is 0.762. The van der Waals surface area contributed by atoms with Crippen LogP contribution >= 0.6 is 0 Å². The van der Waals surface area contributed by atoms with Crippen LogP contribution in [0.15, 0.2) is 12.3 Å². The minimum atomic E-state index is -0.797. The van der Waals surface area contributed by atoms with E-state index in [0.717, 1.165) is 43.4 Å². The van der Waals surface area contributed by atoms with E-state index in [1.165, 1.54) is 0 Å². The first-order valence-electron chi connectivity index (χ1n) is 6.73. The minimum Gasteiger partial charge on any atom is -0.385 e. The normalized spacial score (nSPS) is 28.3. The summed E-state index contributed by atoms with van der Waals surface area (Å²) in [4.78, 5) is 4.16. The molecule has 2 rings (SSSR count). The van der Waals surface area contributed by atoms with Crippen molar-refractivity contribution in [3.63, 3.8) is 0 Å². The highest BCUT2D eigenvalue weighted by molar-refractivity contribution is 5.45. The lowest BCUT2D eigenvalue weighted by atomic mass is 9.77. The van der Waals surface area contributed by atoms with Gasteiger partial charge in [0.2, 0.25) is 0 Å². The highest BCUT2D eigenvalue weighted by Crippen LogP contribution is 2.39. The molecular weight excluding hydrogens is 226 g/mol. The first-order chi connectivity index (χ1) is 8.55. The van der Waals surface area contributed by atoms with E-state index in [2.05, 4.69) is 17.2 Å². The Morgan fingerprint density at radius 2 is 2.17 bits per heavy atom. The van der Waals surface area contributed by atoms with Crippen molar-refractivity contribution in [1.82, 2.24) is 10.3 Å². The van der Waals surface area contributed by atoms with E-state index in [4.69, 9.17) is 5.73 Å². The fraction of sp³-hybridized carbons (Fsp3) is 0.643. The van der Waals surface area contributed by atoms with Crippen LogP contribution in [0.3, 0.4) is 0 Å². The lowest BCUT2D eigenvalue weighted by Gasteiger charge is -2.37. The maximum Gasteiger partial charge on any atom is 0.129 e. The molecule has 0 spiro atoms. The topological polar surface area (TPSA) is 71.2 Å². The summed E-state index contributed by atoms with van der Waals surface area (Å²) in [6, 6.07) is 2.49. The average Bonchev–Trinajstić information content (AvgIpc) is 2.36. The minimum absolute atomic E-state index is 0.463. The molecule has 0 aliphatic heterocycles. The third-order valence-corrected chi connectivity index (χ3v) is 3.86. The molecule has 0 bridgehead atoms. The Labute approximate surface area is 109 Å². The van der Waals surface area contributed by atoms with Crippen LogP contribution in [0, 0.1) is 6.92 Å². The highest BCUT2D eigenvalue weighted by Gasteiger charge is 2.36. The molecule has 0 unspecified atom stereocenters. The van der Waals surface area contributed by atoms with Gasteiger partial charge in [-0.1, -0.05) is 6.92 Å². The van der Waals surface area contributed by atoms with Gasteiger partial charge in [0.1, 0.15) is 5.82 Å². The zero-order valence-corrected chi connectivity index (χ0v) is 11.2. The fourth-order valence-electron chi connectivity index (χ4n) is 2.81. The molecule has 1 fully saturated rings. The van der Waals surface area contributed by atoms with Gasteiger partial charge in [0.15, 0.2) is 0 Å². The van der Waals surface area contributed by atoms with Crippen molar-refractivity contribution in [2.24, 2.45) is 0 Å². The SMILES string of the molecule is CCNC1CCC(O)(c2cc(C)cnc2N)CC1. The van der Waals surface area contributed by atoms with Gasteiger partial charge in [0.25, 0.3) is 0 Å². The second-order valence-corrected chi connectivity index (χ2v) is 5.31. The van der Waals surface area contributed by atoms with Gasteiger partial charge in [-0.2, -0.15) is 0 Å². The predicted octanol–water partition coefficient (Wildman–Crippen LogP) is 1.71. The zero-order chi connectivity index (χ0) is 13.2. The van der Waals surface area contributed by atoms with Gasteiger partial charge in [0, 0.05) is 17.8 Å². The molecule has 18 heavy (non-hydrogen) atoms. The van der Waals surface area contributed by atoms with Crippen LogP contribution in [0.2, 0.25) is 0 Å². The Hall–Kier alpha value is -1.13. The maximum absolute atomic E-state index is 10.8. The number of nitrogens with zero attached hydrogens (tertiary/aromatic N) is 1. The van der Waals surface area contributed by atoms with E-state index in [-0.39, 0.29) is 0 Å². The summed E-state index contributed by atoms with van der Waals surface area (Å²) in [5.74, 6) is 0.463. The Balaban J connectivity index is 2.15. The smallest absolute Gasteiger partial charge is 0.129 e. The number of nitrogens with one attached hydrogen (secondary N) is 1. The van der Waals surface area contributed by atoms with Gasteiger partial charge in [-0.15, -0.1) is 0 Å². The van der Waals surface area contributed by atoms with E-state index in [1.54, 1.807) is 6.20 Å². The molecule has 0 saturated heterocycles. The van der Waals surface area contributed by atoms with Crippen molar-refractivity contribution in [3.05, 3.63) is 23.4 Å².